The molecule has 0 spiro atoms. The summed E-state index contributed by atoms with van der Waals surface area (Å²) < 4.78 is 0. The lowest BCUT2D eigenvalue weighted by Gasteiger charge is -2.28. The maximum Gasteiger partial charge on any atom is 0.0700 e. The van der Waals surface area contributed by atoms with Crippen molar-refractivity contribution in [3.8, 4) is 6.07 Å². The SMILES string of the molecule is C[C@@H](C#N)c1ccc(N2CCCCC2)cc1. The summed E-state index contributed by atoms with van der Waals surface area (Å²) in [5.74, 6) is -0.00425. The van der Waals surface area contributed by atoms with E-state index in [-0.39, 0.29) is 5.92 Å². The Kier molecular flexibility index (Phi) is 3.46. The molecule has 1 aliphatic rings. The molecule has 1 saturated heterocycles. The minimum Gasteiger partial charge on any atom is -0.372 e. The Morgan fingerprint density at radius 2 is 1.75 bits per heavy atom. The van der Waals surface area contributed by atoms with Crippen LogP contribution in [0, 0.1) is 11.3 Å². The molecule has 0 aromatic heterocycles. The van der Waals surface area contributed by atoms with Gasteiger partial charge in [-0.3, -0.25) is 0 Å². The van der Waals surface area contributed by atoms with E-state index in [1.54, 1.807) is 0 Å². The first-order chi connectivity index (χ1) is 7.81. The van der Waals surface area contributed by atoms with E-state index in [0.29, 0.717) is 0 Å². The Labute approximate surface area is 97.5 Å². The van der Waals surface area contributed by atoms with Gasteiger partial charge in [0, 0.05) is 18.8 Å². The Hall–Kier alpha value is -1.49. The molecule has 1 aromatic rings. The number of hydrogen-bond donors (Lipinski definition) is 0. The molecule has 1 heterocycles. The molecule has 2 rings (SSSR count). The van der Waals surface area contributed by atoms with Crippen molar-refractivity contribution in [2.24, 2.45) is 0 Å². The van der Waals surface area contributed by atoms with Gasteiger partial charge in [0.2, 0.25) is 0 Å². The fourth-order valence-electron chi connectivity index (χ4n) is 2.20. The van der Waals surface area contributed by atoms with Crippen molar-refractivity contribution >= 4 is 5.69 Å². The number of benzene rings is 1. The van der Waals surface area contributed by atoms with Crippen molar-refractivity contribution in [3.05, 3.63) is 29.8 Å². The highest BCUT2D eigenvalue weighted by Crippen LogP contribution is 2.22. The van der Waals surface area contributed by atoms with Gasteiger partial charge in [0.05, 0.1) is 12.0 Å². The molecule has 0 bridgehead atoms. The summed E-state index contributed by atoms with van der Waals surface area (Å²) in [6, 6.07) is 10.7. The lowest BCUT2D eigenvalue weighted by Crippen LogP contribution is -2.29. The third-order valence-electron chi connectivity index (χ3n) is 3.31. The molecular formula is C14H18N2. The summed E-state index contributed by atoms with van der Waals surface area (Å²) in [5.41, 5.74) is 2.41. The quantitative estimate of drug-likeness (QED) is 0.755. The van der Waals surface area contributed by atoms with Gasteiger partial charge in [-0.2, -0.15) is 5.26 Å². The maximum absolute atomic E-state index is 8.85. The van der Waals surface area contributed by atoms with E-state index in [2.05, 4.69) is 35.2 Å². The zero-order valence-electron chi connectivity index (χ0n) is 9.82. The van der Waals surface area contributed by atoms with Crippen LogP contribution in [0.5, 0.6) is 0 Å². The van der Waals surface area contributed by atoms with E-state index in [1.807, 2.05) is 6.92 Å². The molecular weight excluding hydrogens is 196 g/mol. The molecule has 84 valence electrons. The molecule has 0 radical (unpaired) electrons. The van der Waals surface area contributed by atoms with Crippen LogP contribution < -0.4 is 4.90 Å². The number of rotatable bonds is 2. The van der Waals surface area contributed by atoms with Crippen molar-refractivity contribution in [3.63, 3.8) is 0 Å². The molecule has 0 unspecified atom stereocenters. The first-order valence-electron chi connectivity index (χ1n) is 6.06. The van der Waals surface area contributed by atoms with Gasteiger partial charge in [0.15, 0.2) is 0 Å². The summed E-state index contributed by atoms with van der Waals surface area (Å²) in [5, 5.41) is 8.85. The van der Waals surface area contributed by atoms with Crippen molar-refractivity contribution in [2.45, 2.75) is 32.1 Å². The van der Waals surface area contributed by atoms with E-state index < -0.39 is 0 Å². The van der Waals surface area contributed by atoms with Crippen LogP contribution in [0.2, 0.25) is 0 Å². The van der Waals surface area contributed by atoms with E-state index in [1.165, 1.54) is 38.0 Å². The van der Waals surface area contributed by atoms with Crippen molar-refractivity contribution in [2.75, 3.05) is 18.0 Å². The summed E-state index contributed by atoms with van der Waals surface area (Å²) in [6.45, 7) is 4.29. The van der Waals surface area contributed by atoms with Crippen LogP contribution in [0.15, 0.2) is 24.3 Å². The van der Waals surface area contributed by atoms with Gasteiger partial charge in [-0.1, -0.05) is 12.1 Å². The van der Waals surface area contributed by atoms with Gasteiger partial charge in [0.25, 0.3) is 0 Å². The molecule has 1 aromatic carbocycles. The summed E-state index contributed by atoms with van der Waals surface area (Å²) in [4.78, 5) is 2.43. The second-order valence-corrected chi connectivity index (χ2v) is 4.49. The van der Waals surface area contributed by atoms with E-state index in [9.17, 15) is 0 Å². The highest BCUT2D eigenvalue weighted by Gasteiger charge is 2.11. The molecule has 16 heavy (non-hydrogen) atoms. The van der Waals surface area contributed by atoms with Gasteiger partial charge in [0.1, 0.15) is 0 Å². The molecule has 0 amide bonds. The number of nitriles is 1. The van der Waals surface area contributed by atoms with Gasteiger partial charge >= 0.3 is 0 Å². The van der Waals surface area contributed by atoms with Crippen LogP contribution in [0.3, 0.4) is 0 Å². The van der Waals surface area contributed by atoms with Gasteiger partial charge in [-0.15, -0.1) is 0 Å². The van der Waals surface area contributed by atoms with E-state index >= 15 is 0 Å². The average Bonchev–Trinajstić information content (AvgIpc) is 2.39. The highest BCUT2D eigenvalue weighted by molar-refractivity contribution is 5.48. The van der Waals surface area contributed by atoms with Crippen LogP contribution in [-0.2, 0) is 0 Å². The Bertz CT molecular complexity index is 369. The molecule has 2 heteroatoms. The minimum absolute atomic E-state index is 0.00425. The zero-order chi connectivity index (χ0) is 11.4. The monoisotopic (exact) mass is 214 g/mol. The number of piperidine rings is 1. The smallest absolute Gasteiger partial charge is 0.0700 e. The summed E-state index contributed by atoms with van der Waals surface area (Å²) >= 11 is 0. The predicted molar refractivity (Wildman–Crippen MR) is 66.5 cm³/mol. The van der Waals surface area contributed by atoms with E-state index in [4.69, 9.17) is 5.26 Å². The predicted octanol–water partition coefficient (Wildman–Crippen LogP) is 3.30. The number of hydrogen-bond acceptors (Lipinski definition) is 2. The van der Waals surface area contributed by atoms with Crippen molar-refractivity contribution in [1.82, 2.24) is 0 Å². The second-order valence-electron chi connectivity index (χ2n) is 4.49. The Balaban J connectivity index is 2.09. The lowest BCUT2D eigenvalue weighted by atomic mass is 10.0. The highest BCUT2D eigenvalue weighted by atomic mass is 15.1. The van der Waals surface area contributed by atoms with E-state index in [0.717, 1.165) is 5.56 Å². The van der Waals surface area contributed by atoms with Gasteiger partial charge < -0.3 is 4.90 Å². The molecule has 2 nitrogen and oxygen atoms in total. The zero-order valence-corrected chi connectivity index (χ0v) is 9.82. The third kappa shape index (κ3) is 2.36. The standard InChI is InChI=1S/C14H18N2/c1-12(11-15)13-5-7-14(8-6-13)16-9-3-2-4-10-16/h5-8,12H,2-4,9-10H2,1H3/t12-/m0/s1. The first-order valence-corrected chi connectivity index (χ1v) is 6.06. The molecule has 0 saturated carbocycles. The van der Waals surface area contributed by atoms with Crippen molar-refractivity contribution < 1.29 is 0 Å². The largest absolute Gasteiger partial charge is 0.372 e. The maximum atomic E-state index is 8.85. The average molecular weight is 214 g/mol. The fraction of sp³-hybridized carbons (Fsp3) is 0.500. The van der Waals surface area contributed by atoms with Crippen LogP contribution in [-0.4, -0.2) is 13.1 Å². The molecule has 1 aliphatic heterocycles. The Morgan fingerprint density at radius 3 is 2.31 bits per heavy atom. The molecule has 0 aliphatic carbocycles. The third-order valence-corrected chi connectivity index (χ3v) is 3.31. The van der Waals surface area contributed by atoms with Gasteiger partial charge in [-0.25, -0.2) is 0 Å². The summed E-state index contributed by atoms with van der Waals surface area (Å²) in [6.07, 6.45) is 3.97. The molecule has 1 fully saturated rings. The fourth-order valence-corrected chi connectivity index (χ4v) is 2.20. The second kappa shape index (κ2) is 5.03. The van der Waals surface area contributed by atoms with Crippen molar-refractivity contribution in [1.29, 1.82) is 5.26 Å². The first kappa shape index (κ1) is 11.0. The summed E-state index contributed by atoms with van der Waals surface area (Å²) in [7, 11) is 0. The lowest BCUT2D eigenvalue weighted by molar-refractivity contribution is 0.578. The molecule has 0 N–H and O–H groups in total. The number of nitrogens with zero attached hydrogens (tertiary/aromatic N) is 2. The minimum atomic E-state index is -0.00425. The van der Waals surface area contributed by atoms with Crippen LogP contribution >= 0.6 is 0 Å². The van der Waals surface area contributed by atoms with Gasteiger partial charge in [-0.05, 0) is 43.9 Å². The Morgan fingerprint density at radius 1 is 1.12 bits per heavy atom. The van der Waals surface area contributed by atoms with Crippen LogP contribution in [0.25, 0.3) is 0 Å². The van der Waals surface area contributed by atoms with Crippen LogP contribution in [0.1, 0.15) is 37.7 Å². The normalized spacial score (nSPS) is 17.9. The topological polar surface area (TPSA) is 27.0 Å². The number of anilines is 1. The molecule has 1 atom stereocenters. The van der Waals surface area contributed by atoms with Crippen LogP contribution in [0.4, 0.5) is 5.69 Å².